The second-order valence-corrected chi connectivity index (χ2v) is 5.54. The molecule has 1 amide bonds. The van der Waals surface area contributed by atoms with E-state index in [1.54, 1.807) is 24.3 Å². The molecule has 4 nitrogen and oxygen atoms in total. The number of rotatable bonds is 4. The summed E-state index contributed by atoms with van der Waals surface area (Å²) < 4.78 is 0. The normalized spacial score (nSPS) is 18.0. The minimum atomic E-state index is 0.00537. The van der Waals surface area contributed by atoms with Crippen LogP contribution in [0.25, 0.3) is 0 Å². The topological polar surface area (TPSA) is 56.1 Å². The molecule has 0 aliphatic carbocycles. The van der Waals surface area contributed by atoms with Gasteiger partial charge in [0.25, 0.3) is 5.91 Å². The molecule has 1 heterocycles. The lowest BCUT2D eigenvalue weighted by atomic mass is 10.1. The minimum Gasteiger partial charge on any atom is -0.335 e. The first-order chi connectivity index (χ1) is 9.61. The maximum absolute atomic E-state index is 12.6. The molecule has 1 unspecified atom stereocenters. The van der Waals surface area contributed by atoms with Crippen LogP contribution in [0.1, 0.15) is 42.6 Å². The summed E-state index contributed by atoms with van der Waals surface area (Å²) in [6.07, 6.45) is 2.30. The molecular weight excluding hydrogens is 250 g/mol. The summed E-state index contributed by atoms with van der Waals surface area (Å²) in [7, 11) is 0. The Labute approximate surface area is 120 Å². The van der Waals surface area contributed by atoms with Crippen molar-refractivity contribution in [3.05, 3.63) is 35.4 Å². The van der Waals surface area contributed by atoms with Gasteiger partial charge >= 0.3 is 0 Å². The zero-order valence-electron chi connectivity index (χ0n) is 12.1. The summed E-state index contributed by atoms with van der Waals surface area (Å²) in [5.41, 5.74) is 1.12. The standard InChI is InChI=1S/C16H21N3O/c1-12(2)19(11-15-7-4-8-18-15)16(20)14-6-3-5-13(9-14)10-17/h3,5-6,9,12,15,18H,4,7-8,11H2,1-2H3. The van der Waals surface area contributed by atoms with Crippen LogP contribution in [0, 0.1) is 11.3 Å². The van der Waals surface area contributed by atoms with E-state index in [-0.39, 0.29) is 11.9 Å². The Morgan fingerprint density at radius 1 is 1.55 bits per heavy atom. The summed E-state index contributed by atoms with van der Waals surface area (Å²) >= 11 is 0. The first-order valence-corrected chi connectivity index (χ1v) is 7.16. The van der Waals surface area contributed by atoms with Crippen molar-refractivity contribution in [2.75, 3.05) is 13.1 Å². The van der Waals surface area contributed by atoms with Crippen molar-refractivity contribution in [1.29, 1.82) is 5.26 Å². The minimum absolute atomic E-state index is 0.00537. The van der Waals surface area contributed by atoms with Gasteiger partial charge in [-0.15, -0.1) is 0 Å². The third-order valence-corrected chi connectivity index (χ3v) is 3.70. The zero-order valence-corrected chi connectivity index (χ0v) is 12.1. The summed E-state index contributed by atoms with van der Waals surface area (Å²) in [6, 6.07) is 9.54. The summed E-state index contributed by atoms with van der Waals surface area (Å²) in [5, 5.41) is 12.4. The fourth-order valence-electron chi connectivity index (χ4n) is 2.57. The number of carbonyl (C=O) groups excluding carboxylic acids is 1. The molecule has 1 atom stereocenters. The molecule has 0 saturated carbocycles. The third kappa shape index (κ3) is 3.37. The van der Waals surface area contributed by atoms with Gasteiger partial charge in [0, 0.05) is 24.2 Å². The second-order valence-electron chi connectivity index (χ2n) is 5.54. The Bertz CT molecular complexity index is 513. The van der Waals surface area contributed by atoms with E-state index in [4.69, 9.17) is 5.26 Å². The molecule has 1 aromatic rings. The highest BCUT2D eigenvalue weighted by atomic mass is 16.2. The number of benzene rings is 1. The Kier molecular flexibility index (Phi) is 4.75. The van der Waals surface area contributed by atoms with Gasteiger partial charge in [-0.1, -0.05) is 6.07 Å². The van der Waals surface area contributed by atoms with Gasteiger partial charge in [-0.05, 0) is 51.4 Å². The van der Waals surface area contributed by atoms with Crippen LogP contribution in [-0.4, -0.2) is 36.0 Å². The van der Waals surface area contributed by atoms with Crippen LogP contribution < -0.4 is 5.32 Å². The van der Waals surface area contributed by atoms with Gasteiger partial charge < -0.3 is 10.2 Å². The van der Waals surface area contributed by atoms with Crippen molar-refractivity contribution < 1.29 is 4.79 Å². The van der Waals surface area contributed by atoms with Crippen LogP contribution in [0.5, 0.6) is 0 Å². The summed E-state index contributed by atoms with van der Waals surface area (Å²) in [5.74, 6) is 0.00537. The quantitative estimate of drug-likeness (QED) is 0.913. The molecule has 1 aromatic carbocycles. The monoisotopic (exact) mass is 271 g/mol. The predicted octanol–water partition coefficient (Wildman–Crippen LogP) is 2.16. The number of nitrogens with zero attached hydrogens (tertiary/aromatic N) is 2. The van der Waals surface area contributed by atoms with Gasteiger partial charge in [-0.2, -0.15) is 5.26 Å². The van der Waals surface area contributed by atoms with Crippen LogP contribution in [0.15, 0.2) is 24.3 Å². The molecule has 1 fully saturated rings. The summed E-state index contributed by atoms with van der Waals surface area (Å²) in [6.45, 7) is 5.82. The highest BCUT2D eigenvalue weighted by Gasteiger charge is 2.24. The van der Waals surface area contributed by atoms with Crippen molar-refractivity contribution in [3.8, 4) is 6.07 Å². The van der Waals surface area contributed by atoms with E-state index in [1.165, 1.54) is 6.42 Å². The van der Waals surface area contributed by atoms with Crippen LogP contribution >= 0.6 is 0 Å². The van der Waals surface area contributed by atoms with Gasteiger partial charge in [-0.25, -0.2) is 0 Å². The number of nitriles is 1. The van der Waals surface area contributed by atoms with Crippen LogP contribution in [-0.2, 0) is 0 Å². The Balaban J connectivity index is 2.15. The van der Waals surface area contributed by atoms with Crippen LogP contribution in [0.2, 0.25) is 0 Å². The molecule has 1 aliphatic rings. The number of carbonyl (C=O) groups is 1. The average Bonchev–Trinajstić information content (AvgIpc) is 2.97. The Morgan fingerprint density at radius 3 is 2.95 bits per heavy atom. The van der Waals surface area contributed by atoms with Gasteiger partial charge in [0.05, 0.1) is 11.6 Å². The zero-order chi connectivity index (χ0) is 14.5. The molecule has 0 spiro atoms. The molecule has 4 heteroatoms. The Morgan fingerprint density at radius 2 is 2.35 bits per heavy atom. The van der Waals surface area contributed by atoms with Gasteiger partial charge in [0.2, 0.25) is 0 Å². The van der Waals surface area contributed by atoms with Crippen molar-refractivity contribution in [1.82, 2.24) is 10.2 Å². The van der Waals surface area contributed by atoms with E-state index in [1.807, 2.05) is 18.7 Å². The van der Waals surface area contributed by atoms with Gasteiger partial charge in [0.1, 0.15) is 0 Å². The molecule has 1 aliphatic heterocycles. The van der Waals surface area contributed by atoms with Gasteiger partial charge in [0.15, 0.2) is 0 Å². The number of hydrogen-bond acceptors (Lipinski definition) is 3. The third-order valence-electron chi connectivity index (χ3n) is 3.70. The molecule has 0 bridgehead atoms. The van der Waals surface area contributed by atoms with E-state index in [2.05, 4.69) is 11.4 Å². The highest BCUT2D eigenvalue weighted by molar-refractivity contribution is 5.94. The largest absolute Gasteiger partial charge is 0.335 e. The lowest BCUT2D eigenvalue weighted by molar-refractivity contribution is 0.0689. The number of nitrogens with one attached hydrogen (secondary N) is 1. The fraction of sp³-hybridized carbons (Fsp3) is 0.500. The van der Waals surface area contributed by atoms with Crippen molar-refractivity contribution in [2.24, 2.45) is 0 Å². The highest BCUT2D eigenvalue weighted by Crippen LogP contribution is 2.14. The maximum atomic E-state index is 12.6. The Hall–Kier alpha value is -1.86. The smallest absolute Gasteiger partial charge is 0.254 e. The molecule has 1 N–H and O–H groups in total. The average molecular weight is 271 g/mol. The molecule has 2 rings (SSSR count). The molecule has 0 radical (unpaired) electrons. The van der Waals surface area contributed by atoms with Crippen molar-refractivity contribution in [3.63, 3.8) is 0 Å². The first-order valence-electron chi connectivity index (χ1n) is 7.16. The van der Waals surface area contributed by atoms with E-state index < -0.39 is 0 Å². The molecule has 106 valence electrons. The van der Waals surface area contributed by atoms with Crippen LogP contribution in [0.3, 0.4) is 0 Å². The van der Waals surface area contributed by atoms with Crippen molar-refractivity contribution in [2.45, 2.75) is 38.8 Å². The number of hydrogen-bond donors (Lipinski definition) is 1. The summed E-state index contributed by atoms with van der Waals surface area (Å²) in [4.78, 5) is 14.5. The lowest BCUT2D eigenvalue weighted by Crippen LogP contribution is -2.44. The van der Waals surface area contributed by atoms with E-state index >= 15 is 0 Å². The van der Waals surface area contributed by atoms with E-state index in [0.29, 0.717) is 17.2 Å². The molecule has 1 saturated heterocycles. The van der Waals surface area contributed by atoms with Crippen LogP contribution in [0.4, 0.5) is 0 Å². The molecule has 20 heavy (non-hydrogen) atoms. The second kappa shape index (κ2) is 6.53. The fourth-order valence-corrected chi connectivity index (χ4v) is 2.57. The number of amides is 1. The van der Waals surface area contributed by atoms with Gasteiger partial charge in [-0.3, -0.25) is 4.79 Å². The molecular formula is C16H21N3O. The SMILES string of the molecule is CC(C)N(CC1CCCN1)C(=O)c1cccc(C#N)c1. The lowest BCUT2D eigenvalue weighted by Gasteiger charge is -2.29. The first kappa shape index (κ1) is 14.5. The predicted molar refractivity (Wildman–Crippen MR) is 78.4 cm³/mol. The van der Waals surface area contributed by atoms with E-state index in [9.17, 15) is 4.79 Å². The van der Waals surface area contributed by atoms with Crippen molar-refractivity contribution >= 4 is 5.91 Å². The maximum Gasteiger partial charge on any atom is 0.254 e. The molecule has 0 aromatic heterocycles. The van der Waals surface area contributed by atoms with E-state index in [0.717, 1.165) is 19.5 Å².